The van der Waals surface area contributed by atoms with Gasteiger partial charge < -0.3 is 11.1 Å². The Morgan fingerprint density at radius 2 is 1.55 bits per heavy atom. The fraction of sp³-hybridized carbons (Fsp3) is 0.235. The average molecular weight is 266 g/mol. The molecule has 0 aliphatic heterocycles. The number of fused-ring (bicyclic) bond motifs is 3. The maximum atomic E-state index is 12.5. The third-order valence-corrected chi connectivity index (χ3v) is 3.78. The van der Waals surface area contributed by atoms with Crippen molar-refractivity contribution in [3.05, 3.63) is 59.7 Å². The first kappa shape index (κ1) is 12.9. The van der Waals surface area contributed by atoms with E-state index in [0.717, 1.165) is 17.5 Å². The van der Waals surface area contributed by atoms with Crippen LogP contribution in [-0.4, -0.2) is 19.0 Å². The van der Waals surface area contributed by atoms with Crippen molar-refractivity contribution in [1.82, 2.24) is 5.32 Å². The molecule has 0 aromatic heterocycles. The van der Waals surface area contributed by atoms with Gasteiger partial charge >= 0.3 is 0 Å². The zero-order valence-electron chi connectivity index (χ0n) is 11.3. The van der Waals surface area contributed by atoms with Crippen LogP contribution in [0.15, 0.2) is 48.5 Å². The fourth-order valence-electron chi connectivity index (χ4n) is 2.85. The van der Waals surface area contributed by atoms with E-state index in [0.29, 0.717) is 13.1 Å². The molecule has 2 aromatic carbocycles. The molecule has 3 rings (SSSR count). The fourth-order valence-corrected chi connectivity index (χ4v) is 2.85. The van der Waals surface area contributed by atoms with Gasteiger partial charge in [-0.2, -0.15) is 0 Å². The Labute approximate surface area is 118 Å². The van der Waals surface area contributed by atoms with Gasteiger partial charge in [0.25, 0.3) is 0 Å². The van der Waals surface area contributed by atoms with Gasteiger partial charge in [-0.3, -0.25) is 4.79 Å². The number of hydrogen-bond donors (Lipinski definition) is 2. The number of hydrogen-bond acceptors (Lipinski definition) is 2. The van der Waals surface area contributed by atoms with Crippen LogP contribution in [0.5, 0.6) is 0 Å². The van der Waals surface area contributed by atoms with Crippen LogP contribution in [0.4, 0.5) is 0 Å². The predicted octanol–water partition coefficient (Wildman–Crippen LogP) is 2.26. The van der Waals surface area contributed by atoms with E-state index in [1.165, 1.54) is 11.1 Å². The van der Waals surface area contributed by atoms with E-state index in [1.54, 1.807) is 0 Å². The van der Waals surface area contributed by atoms with Crippen LogP contribution < -0.4 is 11.1 Å². The lowest BCUT2D eigenvalue weighted by Gasteiger charge is -2.13. The van der Waals surface area contributed by atoms with Crippen molar-refractivity contribution in [2.45, 2.75) is 12.3 Å². The molecule has 0 saturated heterocycles. The Morgan fingerprint density at radius 1 is 1.00 bits per heavy atom. The number of rotatable bonds is 4. The van der Waals surface area contributed by atoms with Gasteiger partial charge in [-0.1, -0.05) is 48.5 Å². The number of benzene rings is 2. The number of carbonyl (C=O) groups is 1. The highest BCUT2D eigenvalue weighted by atomic mass is 16.1. The molecule has 0 unspecified atom stereocenters. The summed E-state index contributed by atoms with van der Waals surface area (Å²) < 4.78 is 0. The first-order valence-electron chi connectivity index (χ1n) is 6.99. The zero-order chi connectivity index (χ0) is 13.9. The SMILES string of the molecule is NCCCNC(=O)C1c2ccccc2-c2ccccc21. The summed E-state index contributed by atoms with van der Waals surface area (Å²) in [6, 6.07) is 16.3. The summed E-state index contributed by atoms with van der Waals surface area (Å²) in [5, 5.41) is 2.99. The van der Waals surface area contributed by atoms with E-state index >= 15 is 0 Å². The first-order valence-corrected chi connectivity index (χ1v) is 6.99. The Morgan fingerprint density at radius 3 is 2.10 bits per heavy atom. The highest BCUT2D eigenvalue weighted by molar-refractivity contribution is 5.96. The summed E-state index contributed by atoms with van der Waals surface area (Å²) in [5.74, 6) is -0.129. The van der Waals surface area contributed by atoms with Crippen LogP contribution >= 0.6 is 0 Å². The molecule has 1 aliphatic rings. The smallest absolute Gasteiger partial charge is 0.232 e. The number of nitrogens with two attached hydrogens (primary N) is 1. The summed E-state index contributed by atoms with van der Waals surface area (Å²) in [7, 11) is 0. The molecule has 0 heterocycles. The molecule has 3 N–H and O–H groups in total. The minimum atomic E-state index is -0.194. The molecule has 1 amide bonds. The normalized spacial score (nSPS) is 12.8. The van der Waals surface area contributed by atoms with Crippen LogP contribution in [0.3, 0.4) is 0 Å². The van der Waals surface area contributed by atoms with Crippen molar-refractivity contribution in [3.63, 3.8) is 0 Å². The van der Waals surface area contributed by atoms with Crippen molar-refractivity contribution >= 4 is 5.91 Å². The molecule has 0 saturated carbocycles. The minimum absolute atomic E-state index is 0.0656. The highest BCUT2D eigenvalue weighted by Gasteiger charge is 2.32. The summed E-state index contributed by atoms with van der Waals surface area (Å²) >= 11 is 0. The van der Waals surface area contributed by atoms with Crippen LogP contribution in [0.2, 0.25) is 0 Å². The van der Waals surface area contributed by atoms with Gasteiger partial charge in [-0.05, 0) is 35.2 Å². The van der Waals surface area contributed by atoms with E-state index < -0.39 is 0 Å². The Bertz CT molecular complexity index is 591. The van der Waals surface area contributed by atoms with Gasteiger partial charge in [0.1, 0.15) is 0 Å². The molecule has 3 nitrogen and oxygen atoms in total. The summed E-state index contributed by atoms with van der Waals surface area (Å²) in [4.78, 5) is 12.5. The monoisotopic (exact) mass is 266 g/mol. The Hall–Kier alpha value is -2.13. The third kappa shape index (κ3) is 2.10. The molecule has 0 radical (unpaired) electrons. The second kappa shape index (κ2) is 5.47. The van der Waals surface area contributed by atoms with Gasteiger partial charge in [0, 0.05) is 6.54 Å². The third-order valence-electron chi connectivity index (χ3n) is 3.78. The molecule has 0 atom stereocenters. The number of carbonyl (C=O) groups excluding carboxylic acids is 1. The molecule has 2 aromatic rings. The van der Waals surface area contributed by atoms with E-state index in [9.17, 15) is 4.79 Å². The summed E-state index contributed by atoms with van der Waals surface area (Å²) in [6.07, 6.45) is 0.807. The molecule has 0 fully saturated rings. The second-order valence-corrected chi connectivity index (χ2v) is 5.04. The van der Waals surface area contributed by atoms with E-state index in [4.69, 9.17) is 5.73 Å². The quantitative estimate of drug-likeness (QED) is 0.834. The van der Waals surface area contributed by atoms with Gasteiger partial charge in [0.2, 0.25) is 5.91 Å². The predicted molar refractivity (Wildman–Crippen MR) is 80.4 cm³/mol. The van der Waals surface area contributed by atoms with Crippen molar-refractivity contribution in [2.75, 3.05) is 13.1 Å². The maximum Gasteiger partial charge on any atom is 0.232 e. The molecule has 0 bridgehead atoms. The van der Waals surface area contributed by atoms with E-state index in [2.05, 4.69) is 17.4 Å². The second-order valence-electron chi connectivity index (χ2n) is 5.04. The van der Waals surface area contributed by atoms with Crippen molar-refractivity contribution in [1.29, 1.82) is 0 Å². The zero-order valence-corrected chi connectivity index (χ0v) is 11.3. The molecular formula is C17H18N2O. The first-order chi connectivity index (χ1) is 9.83. The molecule has 102 valence electrons. The lowest BCUT2D eigenvalue weighted by Crippen LogP contribution is -2.30. The topological polar surface area (TPSA) is 55.1 Å². The lowest BCUT2D eigenvalue weighted by molar-refractivity contribution is -0.121. The van der Waals surface area contributed by atoms with Crippen molar-refractivity contribution in [3.8, 4) is 11.1 Å². The summed E-state index contributed by atoms with van der Waals surface area (Å²) in [6.45, 7) is 1.23. The molecular weight excluding hydrogens is 248 g/mol. The number of nitrogens with one attached hydrogen (secondary N) is 1. The van der Waals surface area contributed by atoms with Crippen molar-refractivity contribution in [2.24, 2.45) is 5.73 Å². The molecule has 20 heavy (non-hydrogen) atoms. The van der Waals surface area contributed by atoms with Crippen LogP contribution in [-0.2, 0) is 4.79 Å². The number of amides is 1. The Kier molecular flexibility index (Phi) is 3.52. The minimum Gasteiger partial charge on any atom is -0.355 e. The van der Waals surface area contributed by atoms with Crippen LogP contribution in [0.1, 0.15) is 23.5 Å². The highest BCUT2D eigenvalue weighted by Crippen LogP contribution is 2.44. The van der Waals surface area contributed by atoms with Gasteiger partial charge in [-0.25, -0.2) is 0 Å². The lowest BCUT2D eigenvalue weighted by atomic mass is 9.96. The molecule has 3 heteroatoms. The van der Waals surface area contributed by atoms with Crippen LogP contribution in [0, 0.1) is 0 Å². The van der Waals surface area contributed by atoms with Gasteiger partial charge in [0.15, 0.2) is 0 Å². The van der Waals surface area contributed by atoms with Gasteiger partial charge in [0.05, 0.1) is 5.92 Å². The van der Waals surface area contributed by atoms with E-state index in [1.807, 2.05) is 36.4 Å². The van der Waals surface area contributed by atoms with Gasteiger partial charge in [-0.15, -0.1) is 0 Å². The van der Waals surface area contributed by atoms with Crippen LogP contribution in [0.25, 0.3) is 11.1 Å². The van der Waals surface area contributed by atoms with E-state index in [-0.39, 0.29) is 11.8 Å². The molecule has 1 aliphatic carbocycles. The maximum absolute atomic E-state index is 12.5. The average Bonchev–Trinajstić information content (AvgIpc) is 2.82. The molecule has 0 spiro atoms. The standard InChI is InChI=1S/C17H18N2O/c18-10-5-11-19-17(20)16-14-8-3-1-6-12(14)13-7-2-4-9-15(13)16/h1-4,6-9,16H,5,10-11,18H2,(H,19,20). The summed E-state index contributed by atoms with van der Waals surface area (Å²) in [5.41, 5.74) is 10.00. The Balaban J connectivity index is 1.96. The largest absolute Gasteiger partial charge is 0.355 e. The van der Waals surface area contributed by atoms with Crippen molar-refractivity contribution < 1.29 is 4.79 Å².